The van der Waals surface area contributed by atoms with Gasteiger partial charge < -0.3 is 14.6 Å². The zero-order valence-corrected chi connectivity index (χ0v) is 19.2. The monoisotopic (exact) mass is 430 g/mol. The molecule has 5 heteroatoms. The molecule has 166 valence electrons. The topological polar surface area (TPSA) is 62.6 Å². The van der Waals surface area contributed by atoms with Gasteiger partial charge in [-0.2, -0.15) is 0 Å². The van der Waals surface area contributed by atoms with Crippen LogP contribution in [0.4, 0.5) is 5.69 Å². The van der Waals surface area contributed by atoms with Gasteiger partial charge in [0.2, 0.25) is 5.91 Å². The molecule has 2 amide bonds. The SMILES string of the molecule is Cc1ccc(C(=O)N2CCc3oc(-c4cccc(NC(=O)CC(C)(C)C)c4)cc3C2)cc1. The molecular formula is C27H30N2O3. The summed E-state index contributed by atoms with van der Waals surface area (Å²) in [5.41, 5.74) is 4.48. The molecule has 5 nitrogen and oxygen atoms in total. The van der Waals surface area contributed by atoms with Crippen molar-refractivity contribution in [1.82, 2.24) is 4.90 Å². The number of furan rings is 1. The lowest BCUT2D eigenvalue weighted by atomic mass is 9.92. The Bertz CT molecular complexity index is 1140. The van der Waals surface area contributed by atoms with E-state index in [4.69, 9.17) is 4.42 Å². The highest BCUT2D eigenvalue weighted by Gasteiger charge is 2.25. The first-order chi connectivity index (χ1) is 15.2. The molecule has 2 heterocycles. The lowest BCUT2D eigenvalue weighted by molar-refractivity contribution is -0.117. The second-order valence-electron chi connectivity index (χ2n) is 9.77. The summed E-state index contributed by atoms with van der Waals surface area (Å²) in [7, 11) is 0. The zero-order chi connectivity index (χ0) is 22.9. The standard InChI is InChI=1S/C27H30N2O3/c1-18-8-10-19(11-9-18)26(31)29-13-12-23-21(17-29)15-24(32-23)20-6-5-7-22(14-20)28-25(30)16-27(2,3)4/h5-11,14-15H,12-13,16-17H2,1-4H3,(H,28,30). The van der Waals surface area contributed by atoms with Crippen LogP contribution >= 0.6 is 0 Å². The Morgan fingerprint density at radius 2 is 1.81 bits per heavy atom. The average molecular weight is 431 g/mol. The van der Waals surface area contributed by atoms with E-state index in [1.54, 1.807) is 0 Å². The van der Waals surface area contributed by atoms with Gasteiger partial charge in [0, 0.05) is 48.3 Å². The predicted octanol–water partition coefficient (Wildman–Crippen LogP) is 5.83. The van der Waals surface area contributed by atoms with Crippen molar-refractivity contribution in [3.05, 3.63) is 77.0 Å². The number of anilines is 1. The van der Waals surface area contributed by atoms with Crippen LogP contribution in [0.3, 0.4) is 0 Å². The molecule has 0 saturated heterocycles. The van der Waals surface area contributed by atoms with E-state index in [0.717, 1.165) is 33.9 Å². The molecule has 0 aliphatic carbocycles. The molecule has 4 rings (SSSR count). The van der Waals surface area contributed by atoms with Crippen LogP contribution in [0.1, 0.15) is 54.4 Å². The Balaban J connectivity index is 1.48. The Morgan fingerprint density at radius 1 is 1.06 bits per heavy atom. The number of carbonyl (C=O) groups excluding carboxylic acids is 2. The number of amides is 2. The van der Waals surface area contributed by atoms with Gasteiger partial charge in [-0.05, 0) is 42.7 Å². The second-order valence-corrected chi connectivity index (χ2v) is 9.77. The number of carbonyl (C=O) groups is 2. The highest BCUT2D eigenvalue weighted by atomic mass is 16.3. The van der Waals surface area contributed by atoms with Crippen molar-refractivity contribution in [3.63, 3.8) is 0 Å². The Morgan fingerprint density at radius 3 is 2.53 bits per heavy atom. The molecule has 3 aromatic rings. The minimum Gasteiger partial charge on any atom is -0.461 e. The maximum Gasteiger partial charge on any atom is 0.254 e. The smallest absolute Gasteiger partial charge is 0.254 e. The van der Waals surface area contributed by atoms with Crippen LogP contribution in [0.5, 0.6) is 0 Å². The van der Waals surface area contributed by atoms with E-state index in [0.29, 0.717) is 31.5 Å². The summed E-state index contributed by atoms with van der Waals surface area (Å²) in [4.78, 5) is 27.1. The van der Waals surface area contributed by atoms with Crippen molar-refractivity contribution in [2.75, 3.05) is 11.9 Å². The molecule has 0 spiro atoms. The first-order valence-corrected chi connectivity index (χ1v) is 11.1. The Hall–Kier alpha value is -3.34. The van der Waals surface area contributed by atoms with Gasteiger partial charge in [-0.1, -0.05) is 50.6 Å². The summed E-state index contributed by atoms with van der Waals surface area (Å²) in [6.45, 7) is 9.32. The molecule has 0 atom stereocenters. The summed E-state index contributed by atoms with van der Waals surface area (Å²) < 4.78 is 6.13. The number of hydrogen-bond donors (Lipinski definition) is 1. The van der Waals surface area contributed by atoms with E-state index < -0.39 is 0 Å². The van der Waals surface area contributed by atoms with E-state index in [2.05, 4.69) is 5.32 Å². The fourth-order valence-corrected chi connectivity index (χ4v) is 3.96. The fourth-order valence-electron chi connectivity index (χ4n) is 3.96. The first kappa shape index (κ1) is 21.9. The molecule has 0 fully saturated rings. The molecule has 0 bridgehead atoms. The minimum absolute atomic E-state index is 0.00125. The lowest BCUT2D eigenvalue weighted by Crippen LogP contribution is -2.35. The minimum atomic E-state index is -0.0658. The molecule has 1 aromatic heterocycles. The van der Waals surface area contributed by atoms with Gasteiger partial charge in [0.15, 0.2) is 0 Å². The van der Waals surface area contributed by atoms with Crippen molar-refractivity contribution < 1.29 is 14.0 Å². The number of nitrogens with one attached hydrogen (secondary N) is 1. The summed E-state index contributed by atoms with van der Waals surface area (Å²) in [6, 6.07) is 17.4. The third-order valence-electron chi connectivity index (χ3n) is 5.57. The van der Waals surface area contributed by atoms with E-state index in [-0.39, 0.29) is 17.2 Å². The predicted molar refractivity (Wildman–Crippen MR) is 126 cm³/mol. The molecule has 2 aromatic carbocycles. The van der Waals surface area contributed by atoms with E-state index in [9.17, 15) is 9.59 Å². The third-order valence-corrected chi connectivity index (χ3v) is 5.57. The molecule has 0 saturated carbocycles. The van der Waals surface area contributed by atoms with Gasteiger partial charge in [0.1, 0.15) is 11.5 Å². The van der Waals surface area contributed by atoms with Crippen molar-refractivity contribution >= 4 is 17.5 Å². The van der Waals surface area contributed by atoms with E-state index >= 15 is 0 Å². The number of benzene rings is 2. The first-order valence-electron chi connectivity index (χ1n) is 11.1. The average Bonchev–Trinajstić information content (AvgIpc) is 3.16. The highest BCUT2D eigenvalue weighted by Crippen LogP contribution is 2.31. The van der Waals surface area contributed by atoms with Crippen LogP contribution in [-0.4, -0.2) is 23.3 Å². The van der Waals surface area contributed by atoms with Crippen molar-refractivity contribution in [1.29, 1.82) is 0 Å². The van der Waals surface area contributed by atoms with Gasteiger partial charge in [0.05, 0.1) is 0 Å². The molecular weight excluding hydrogens is 400 g/mol. The molecule has 32 heavy (non-hydrogen) atoms. The normalized spacial score (nSPS) is 13.6. The van der Waals surface area contributed by atoms with Crippen molar-refractivity contribution in [2.24, 2.45) is 5.41 Å². The van der Waals surface area contributed by atoms with Crippen LogP contribution in [-0.2, 0) is 17.8 Å². The summed E-state index contributed by atoms with van der Waals surface area (Å²) >= 11 is 0. The Labute approximate surface area is 189 Å². The maximum atomic E-state index is 12.9. The highest BCUT2D eigenvalue weighted by molar-refractivity contribution is 5.94. The van der Waals surface area contributed by atoms with Crippen LogP contribution in [0.15, 0.2) is 59.0 Å². The van der Waals surface area contributed by atoms with Gasteiger partial charge in [-0.3, -0.25) is 9.59 Å². The Kier molecular flexibility index (Phi) is 5.92. The number of fused-ring (bicyclic) bond motifs is 1. The molecule has 1 aliphatic heterocycles. The molecule has 0 radical (unpaired) electrons. The molecule has 1 aliphatic rings. The van der Waals surface area contributed by atoms with Crippen LogP contribution in [0.2, 0.25) is 0 Å². The van der Waals surface area contributed by atoms with E-state index in [1.165, 1.54) is 0 Å². The van der Waals surface area contributed by atoms with Gasteiger partial charge in [-0.15, -0.1) is 0 Å². The number of aryl methyl sites for hydroxylation is 1. The van der Waals surface area contributed by atoms with Crippen LogP contribution < -0.4 is 5.32 Å². The van der Waals surface area contributed by atoms with Gasteiger partial charge in [0.25, 0.3) is 5.91 Å². The summed E-state index contributed by atoms with van der Waals surface area (Å²) in [5.74, 6) is 1.72. The largest absolute Gasteiger partial charge is 0.461 e. The van der Waals surface area contributed by atoms with Crippen LogP contribution in [0, 0.1) is 12.3 Å². The third kappa shape index (κ3) is 5.10. The molecule has 0 unspecified atom stereocenters. The quantitative estimate of drug-likeness (QED) is 0.567. The van der Waals surface area contributed by atoms with Crippen LogP contribution in [0.25, 0.3) is 11.3 Å². The van der Waals surface area contributed by atoms with E-state index in [1.807, 2.05) is 87.2 Å². The summed E-state index contributed by atoms with van der Waals surface area (Å²) in [5, 5.41) is 2.98. The zero-order valence-electron chi connectivity index (χ0n) is 19.2. The van der Waals surface area contributed by atoms with Crippen molar-refractivity contribution in [3.8, 4) is 11.3 Å². The van der Waals surface area contributed by atoms with Gasteiger partial charge in [-0.25, -0.2) is 0 Å². The van der Waals surface area contributed by atoms with Crippen molar-refractivity contribution in [2.45, 2.75) is 47.1 Å². The lowest BCUT2D eigenvalue weighted by Gasteiger charge is -2.26. The number of hydrogen-bond acceptors (Lipinski definition) is 3. The fraction of sp³-hybridized carbons (Fsp3) is 0.333. The number of rotatable bonds is 4. The second kappa shape index (κ2) is 8.65. The summed E-state index contributed by atoms with van der Waals surface area (Å²) in [6.07, 6.45) is 1.14. The maximum absolute atomic E-state index is 12.9. The molecule has 1 N–H and O–H groups in total. The van der Waals surface area contributed by atoms with Gasteiger partial charge >= 0.3 is 0 Å². The number of nitrogens with zero attached hydrogens (tertiary/aromatic N) is 1.